The van der Waals surface area contributed by atoms with Crippen molar-refractivity contribution in [2.24, 2.45) is 0 Å². The number of aromatic nitrogens is 2. The number of ether oxygens (including phenoxy) is 1. The number of amides is 1. The van der Waals surface area contributed by atoms with E-state index in [1.807, 2.05) is 0 Å². The fraction of sp³-hybridized carbons (Fsp3) is 0.421. The Morgan fingerprint density at radius 2 is 2.13 bits per heavy atom. The van der Waals surface area contributed by atoms with Crippen LogP contribution in [0.25, 0.3) is 0 Å². The average Bonchev–Trinajstić information content (AvgIpc) is 2.75. The molecule has 1 aliphatic rings. The van der Waals surface area contributed by atoms with Crippen LogP contribution in [-0.4, -0.2) is 60.8 Å². The fourth-order valence-corrected chi connectivity index (χ4v) is 4.83. The van der Waals surface area contributed by atoms with E-state index in [9.17, 15) is 18.3 Å². The lowest BCUT2D eigenvalue weighted by Gasteiger charge is -2.36. The van der Waals surface area contributed by atoms with Gasteiger partial charge < -0.3 is 15.2 Å². The van der Waals surface area contributed by atoms with Crippen LogP contribution in [0.3, 0.4) is 0 Å². The standard InChI is InChI=1S/C19H23ClN4O5S/c20-13-2-1-3-15(10-13)30(27,28)24-16-5-4-14(29-18(16)12-25)6-7-23-19(26)17-11-21-8-9-22-17/h1-3,8-11,14,16,18,24-25H,4-7,12H2,(H,23,26)/t14-,16-,18-/m0/s1. The fourth-order valence-electron chi connectivity index (χ4n) is 3.23. The molecule has 1 fully saturated rings. The van der Waals surface area contributed by atoms with Gasteiger partial charge in [-0.25, -0.2) is 18.1 Å². The highest BCUT2D eigenvalue weighted by Gasteiger charge is 2.33. The summed E-state index contributed by atoms with van der Waals surface area (Å²) < 4.78 is 33.7. The van der Waals surface area contributed by atoms with E-state index < -0.39 is 22.2 Å². The lowest BCUT2D eigenvalue weighted by molar-refractivity contribution is -0.0871. The molecule has 162 valence electrons. The van der Waals surface area contributed by atoms with Crippen LogP contribution in [0, 0.1) is 0 Å². The lowest BCUT2D eigenvalue weighted by Crippen LogP contribution is -2.51. The van der Waals surface area contributed by atoms with Crippen molar-refractivity contribution in [3.63, 3.8) is 0 Å². The van der Waals surface area contributed by atoms with E-state index in [1.54, 1.807) is 12.1 Å². The molecule has 1 aliphatic heterocycles. The Morgan fingerprint density at radius 1 is 1.30 bits per heavy atom. The molecule has 0 radical (unpaired) electrons. The summed E-state index contributed by atoms with van der Waals surface area (Å²) in [6.45, 7) is 0.0301. The van der Waals surface area contributed by atoms with Crippen molar-refractivity contribution in [2.75, 3.05) is 13.2 Å². The quantitative estimate of drug-likeness (QED) is 0.545. The summed E-state index contributed by atoms with van der Waals surface area (Å²) >= 11 is 5.88. The van der Waals surface area contributed by atoms with Crippen LogP contribution >= 0.6 is 11.6 Å². The van der Waals surface area contributed by atoms with Gasteiger partial charge >= 0.3 is 0 Å². The minimum Gasteiger partial charge on any atom is -0.394 e. The molecule has 2 aromatic rings. The van der Waals surface area contributed by atoms with Gasteiger partial charge in [0.25, 0.3) is 5.91 Å². The largest absolute Gasteiger partial charge is 0.394 e. The van der Waals surface area contributed by atoms with Gasteiger partial charge in [-0.15, -0.1) is 0 Å². The number of aliphatic hydroxyl groups excluding tert-OH is 1. The van der Waals surface area contributed by atoms with Crippen LogP contribution in [0.15, 0.2) is 47.8 Å². The summed E-state index contributed by atoms with van der Waals surface area (Å²) in [4.78, 5) is 19.8. The predicted molar refractivity (Wildman–Crippen MR) is 110 cm³/mol. The van der Waals surface area contributed by atoms with E-state index in [4.69, 9.17) is 16.3 Å². The number of sulfonamides is 1. The van der Waals surface area contributed by atoms with E-state index in [0.717, 1.165) is 0 Å². The first-order chi connectivity index (χ1) is 14.4. The van der Waals surface area contributed by atoms with E-state index >= 15 is 0 Å². The van der Waals surface area contributed by atoms with E-state index in [0.29, 0.717) is 30.8 Å². The van der Waals surface area contributed by atoms with Gasteiger partial charge in [0, 0.05) is 24.0 Å². The summed E-state index contributed by atoms with van der Waals surface area (Å²) in [5, 5.41) is 12.8. The topological polar surface area (TPSA) is 131 Å². The molecule has 3 atom stereocenters. The summed E-state index contributed by atoms with van der Waals surface area (Å²) in [6.07, 6.45) is 5.01. The van der Waals surface area contributed by atoms with Gasteiger partial charge in [-0.05, 0) is 37.5 Å². The van der Waals surface area contributed by atoms with Gasteiger partial charge in [0.15, 0.2) is 0 Å². The molecule has 11 heteroatoms. The van der Waals surface area contributed by atoms with Crippen molar-refractivity contribution >= 4 is 27.5 Å². The maximum absolute atomic E-state index is 12.6. The number of rotatable bonds is 8. The Hall–Kier alpha value is -2.11. The predicted octanol–water partition coefficient (Wildman–Crippen LogP) is 1.14. The summed E-state index contributed by atoms with van der Waals surface area (Å²) in [6, 6.07) is 5.40. The smallest absolute Gasteiger partial charge is 0.271 e. The number of halogens is 1. The highest BCUT2D eigenvalue weighted by molar-refractivity contribution is 7.89. The monoisotopic (exact) mass is 454 g/mol. The van der Waals surface area contributed by atoms with Crippen molar-refractivity contribution in [1.82, 2.24) is 20.0 Å². The van der Waals surface area contributed by atoms with Crippen LogP contribution < -0.4 is 10.0 Å². The van der Waals surface area contributed by atoms with E-state index in [2.05, 4.69) is 20.0 Å². The second-order valence-electron chi connectivity index (χ2n) is 6.88. The van der Waals surface area contributed by atoms with Crippen molar-refractivity contribution < 1.29 is 23.1 Å². The normalized spacial score (nSPS) is 21.9. The number of carbonyl (C=O) groups is 1. The first kappa shape index (κ1) is 22.6. The summed E-state index contributed by atoms with van der Waals surface area (Å²) in [5.41, 5.74) is 0.228. The highest BCUT2D eigenvalue weighted by atomic mass is 35.5. The second-order valence-corrected chi connectivity index (χ2v) is 9.03. The molecule has 3 N–H and O–H groups in total. The van der Waals surface area contributed by atoms with Crippen molar-refractivity contribution in [2.45, 2.75) is 42.4 Å². The maximum Gasteiger partial charge on any atom is 0.271 e. The molecule has 1 aromatic heterocycles. The number of hydrogen-bond donors (Lipinski definition) is 3. The zero-order chi connectivity index (χ0) is 21.6. The maximum atomic E-state index is 12.6. The molecule has 9 nitrogen and oxygen atoms in total. The molecule has 0 unspecified atom stereocenters. The van der Waals surface area contributed by atoms with Crippen LogP contribution in [0.2, 0.25) is 5.02 Å². The summed E-state index contributed by atoms with van der Waals surface area (Å²) in [7, 11) is -3.80. The van der Waals surface area contributed by atoms with Crippen molar-refractivity contribution in [3.05, 3.63) is 53.6 Å². The van der Waals surface area contributed by atoms with Gasteiger partial charge in [-0.3, -0.25) is 9.78 Å². The number of carbonyl (C=O) groups excluding carboxylic acids is 1. The second kappa shape index (κ2) is 10.3. The zero-order valence-electron chi connectivity index (χ0n) is 16.1. The molecule has 0 saturated carbocycles. The number of nitrogens with one attached hydrogen (secondary N) is 2. The van der Waals surface area contributed by atoms with Gasteiger partial charge in [0.2, 0.25) is 10.0 Å². The van der Waals surface area contributed by atoms with Gasteiger partial charge in [-0.1, -0.05) is 17.7 Å². The van der Waals surface area contributed by atoms with Crippen molar-refractivity contribution in [3.8, 4) is 0 Å². The van der Waals surface area contributed by atoms with E-state index in [-0.39, 0.29) is 29.2 Å². The van der Waals surface area contributed by atoms with Crippen LogP contribution in [-0.2, 0) is 14.8 Å². The Bertz CT molecular complexity index is 960. The Balaban J connectivity index is 1.51. The SMILES string of the molecule is O=C(NCC[C@@H]1CC[C@H](NS(=O)(=O)c2cccc(Cl)c2)[C@H](CO)O1)c1cnccn1. The molecular formula is C19H23ClN4O5S. The van der Waals surface area contributed by atoms with Gasteiger partial charge in [-0.2, -0.15) is 0 Å². The molecule has 0 aliphatic carbocycles. The first-order valence-corrected chi connectivity index (χ1v) is 11.3. The molecule has 30 heavy (non-hydrogen) atoms. The number of benzene rings is 1. The average molecular weight is 455 g/mol. The molecular weight excluding hydrogens is 432 g/mol. The van der Waals surface area contributed by atoms with Crippen LogP contribution in [0.1, 0.15) is 29.8 Å². The molecule has 1 aromatic carbocycles. The molecule has 1 saturated heterocycles. The number of nitrogens with zero attached hydrogens (tertiary/aromatic N) is 2. The summed E-state index contributed by atoms with van der Waals surface area (Å²) in [5.74, 6) is -0.329. The van der Waals surface area contributed by atoms with Crippen LogP contribution in [0.4, 0.5) is 0 Å². The molecule has 2 heterocycles. The first-order valence-electron chi connectivity index (χ1n) is 9.47. The molecule has 0 spiro atoms. The van der Waals surface area contributed by atoms with Gasteiger partial charge in [0.1, 0.15) is 5.69 Å². The molecule has 0 bridgehead atoms. The van der Waals surface area contributed by atoms with E-state index in [1.165, 1.54) is 30.7 Å². The minimum atomic E-state index is -3.80. The highest BCUT2D eigenvalue weighted by Crippen LogP contribution is 2.24. The number of aliphatic hydroxyl groups is 1. The Labute approximate surface area is 179 Å². The zero-order valence-corrected chi connectivity index (χ0v) is 17.6. The molecule has 1 amide bonds. The minimum absolute atomic E-state index is 0.0561. The molecule has 3 rings (SSSR count). The third-order valence-corrected chi connectivity index (χ3v) is 6.48. The Morgan fingerprint density at radius 3 is 2.83 bits per heavy atom. The van der Waals surface area contributed by atoms with Crippen molar-refractivity contribution in [1.29, 1.82) is 0 Å². The van der Waals surface area contributed by atoms with Gasteiger partial charge in [0.05, 0.1) is 35.9 Å². The number of hydrogen-bond acceptors (Lipinski definition) is 7. The van der Waals surface area contributed by atoms with Crippen LogP contribution in [0.5, 0.6) is 0 Å². The lowest BCUT2D eigenvalue weighted by atomic mass is 9.98. The third kappa shape index (κ3) is 5.96. The third-order valence-electron chi connectivity index (χ3n) is 4.76. The Kier molecular flexibility index (Phi) is 7.73.